The van der Waals surface area contributed by atoms with Crippen LogP contribution in [0.1, 0.15) is 52.0 Å². The third-order valence-corrected chi connectivity index (χ3v) is 3.30. The van der Waals surface area contributed by atoms with Gasteiger partial charge in [-0.05, 0) is 49.5 Å². The van der Waals surface area contributed by atoms with Gasteiger partial charge in [-0.3, -0.25) is 0 Å². The number of carbonyl (C=O) groups excluding carboxylic acids is 2. The van der Waals surface area contributed by atoms with Crippen molar-refractivity contribution in [3.05, 3.63) is 46.5 Å². The number of ether oxygens (including phenoxy) is 1. The van der Waals surface area contributed by atoms with Crippen molar-refractivity contribution >= 4 is 11.9 Å². The molecule has 0 radical (unpaired) electrons. The van der Waals surface area contributed by atoms with Crippen LogP contribution in [0, 0.1) is 11.8 Å². The average molecular weight is 252 g/mol. The first-order valence-electron chi connectivity index (χ1n) is 6.36. The quantitative estimate of drug-likeness (QED) is 0.405. The molecule has 0 fully saturated rings. The van der Waals surface area contributed by atoms with Gasteiger partial charge in [0.15, 0.2) is 0 Å². The van der Waals surface area contributed by atoms with Gasteiger partial charge >= 0.3 is 11.9 Å². The molecule has 0 N–H and O–H groups in total. The van der Waals surface area contributed by atoms with E-state index < -0.39 is 11.9 Å². The number of esters is 2. The van der Waals surface area contributed by atoms with E-state index in [1.807, 2.05) is 0 Å². The minimum Gasteiger partial charge on any atom is -0.386 e. The predicted molar refractivity (Wildman–Crippen MR) is 69.6 cm³/mol. The highest BCUT2D eigenvalue weighted by molar-refractivity contribution is 6.14. The first-order chi connectivity index (χ1) is 9.24. The van der Waals surface area contributed by atoms with Crippen LogP contribution in [0.4, 0.5) is 0 Å². The number of allylic oxidation sites excluding steroid dienone is 2. The Labute approximate surface area is 111 Å². The van der Waals surface area contributed by atoms with E-state index in [0.717, 1.165) is 24.0 Å². The van der Waals surface area contributed by atoms with Crippen molar-refractivity contribution in [1.82, 2.24) is 0 Å². The Morgan fingerprint density at radius 3 is 2.63 bits per heavy atom. The van der Waals surface area contributed by atoms with Gasteiger partial charge in [0.25, 0.3) is 0 Å². The number of cyclic esters (lactones) is 2. The molecule has 19 heavy (non-hydrogen) atoms. The summed E-state index contributed by atoms with van der Waals surface area (Å²) in [5, 5.41) is 0. The molecule has 2 aliphatic rings. The van der Waals surface area contributed by atoms with E-state index in [4.69, 9.17) is 0 Å². The Morgan fingerprint density at radius 1 is 1.00 bits per heavy atom. The maximum Gasteiger partial charge on any atom is 0.346 e. The van der Waals surface area contributed by atoms with Crippen molar-refractivity contribution in [2.45, 2.75) is 25.7 Å². The van der Waals surface area contributed by atoms with Crippen LogP contribution >= 0.6 is 0 Å². The number of hydrogen-bond donors (Lipinski definition) is 0. The summed E-state index contributed by atoms with van der Waals surface area (Å²) in [6, 6.07) is 4.97. The van der Waals surface area contributed by atoms with Gasteiger partial charge in [0.1, 0.15) is 0 Å². The van der Waals surface area contributed by atoms with Crippen LogP contribution in [0.2, 0.25) is 0 Å². The van der Waals surface area contributed by atoms with Crippen molar-refractivity contribution in [1.29, 1.82) is 0 Å². The smallest absolute Gasteiger partial charge is 0.346 e. The third-order valence-electron chi connectivity index (χ3n) is 3.30. The van der Waals surface area contributed by atoms with Gasteiger partial charge in [0, 0.05) is 5.56 Å². The fraction of sp³-hybridized carbons (Fsp3) is 0.250. The molecule has 3 rings (SSSR count). The largest absolute Gasteiger partial charge is 0.386 e. The summed E-state index contributed by atoms with van der Waals surface area (Å²) in [7, 11) is 0. The molecule has 1 heterocycles. The van der Waals surface area contributed by atoms with Crippen LogP contribution in [-0.4, -0.2) is 11.9 Å². The molecule has 0 amide bonds. The van der Waals surface area contributed by atoms with Crippen molar-refractivity contribution in [3.63, 3.8) is 0 Å². The van der Waals surface area contributed by atoms with E-state index in [1.54, 1.807) is 18.2 Å². The lowest BCUT2D eigenvalue weighted by Crippen LogP contribution is -1.96. The molecule has 0 aromatic heterocycles. The number of benzene rings is 1. The first kappa shape index (κ1) is 11.7. The molecule has 1 aromatic carbocycles. The number of hydrogen-bond acceptors (Lipinski definition) is 3. The predicted octanol–water partition coefficient (Wildman–Crippen LogP) is 2.85. The van der Waals surface area contributed by atoms with Crippen LogP contribution in [0.5, 0.6) is 0 Å². The highest BCUT2D eigenvalue weighted by Gasteiger charge is 2.29. The summed E-state index contributed by atoms with van der Waals surface area (Å²) in [4.78, 5) is 22.7. The molecule has 0 atom stereocenters. The van der Waals surface area contributed by atoms with Gasteiger partial charge in [0.2, 0.25) is 0 Å². The lowest BCUT2D eigenvalue weighted by molar-refractivity contribution is 0.0444. The molecule has 3 nitrogen and oxygen atoms in total. The van der Waals surface area contributed by atoms with Crippen molar-refractivity contribution in [2.75, 3.05) is 0 Å². The summed E-state index contributed by atoms with van der Waals surface area (Å²) >= 11 is 0. The third kappa shape index (κ3) is 2.30. The molecule has 1 aliphatic carbocycles. The highest BCUT2D eigenvalue weighted by Crippen LogP contribution is 2.21. The minimum atomic E-state index is -0.583. The lowest BCUT2D eigenvalue weighted by atomic mass is 9.99. The SMILES string of the molecule is O=C1OC(=O)c2cc(C#CC3=CCCCC3)ccc21. The number of rotatable bonds is 0. The van der Waals surface area contributed by atoms with E-state index in [-0.39, 0.29) is 0 Å². The van der Waals surface area contributed by atoms with E-state index >= 15 is 0 Å². The Balaban J connectivity index is 1.90. The Bertz CT molecular complexity index is 656. The van der Waals surface area contributed by atoms with Gasteiger partial charge in [-0.2, -0.15) is 0 Å². The summed E-state index contributed by atoms with van der Waals surface area (Å²) in [5.74, 6) is 5.01. The van der Waals surface area contributed by atoms with E-state index in [2.05, 4.69) is 22.7 Å². The van der Waals surface area contributed by atoms with E-state index in [9.17, 15) is 9.59 Å². The molecule has 0 saturated heterocycles. The zero-order valence-corrected chi connectivity index (χ0v) is 10.4. The molecule has 0 bridgehead atoms. The van der Waals surface area contributed by atoms with Crippen LogP contribution in [0.15, 0.2) is 29.8 Å². The van der Waals surface area contributed by atoms with Crippen LogP contribution in [-0.2, 0) is 4.74 Å². The topological polar surface area (TPSA) is 43.4 Å². The van der Waals surface area contributed by atoms with E-state index in [1.165, 1.54) is 12.8 Å². The summed E-state index contributed by atoms with van der Waals surface area (Å²) < 4.78 is 4.54. The summed E-state index contributed by atoms with van der Waals surface area (Å²) in [5.41, 5.74) is 2.53. The molecule has 3 heteroatoms. The molecule has 0 unspecified atom stereocenters. The summed E-state index contributed by atoms with van der Waals surface area (Å²) in [6.07, 6.45) is 6.71. The van der Waals surface area contributed by atoms with Gasteiger partial charge in [0.05, 0.1) is 11.1 Å². The monoisotopic (exact) mass is 252 g/mol. The highest BCUT2D eigenvalue weighted by atomic mass is 16.6. The maximum absolute atomic E-state index is 11.4. The van der Waals surface area contributed by atoms with Gasteiger partial charge in [-0.1, -0.05) is 17.9 Å². The number of fused-ring (bicyclic) bond motifs is 1. The maximum atomic E-state index is 11.4. The standard InChI is InChI=1S/C16H12O3/c17-15-13-9-8-12(10-14(13)16(18)19-15)7-6-11-4-2-1-3-5-11/h4,8-10H,1-3,5H2. The molecular weight excluding hydrogens is 240 g/mol. The number of carbonyl (C=O) groups is 2. The fourth-order valence-corrected chi connectivity index (χ4v) is 2.27. The van der Waals surface area contributed by atoms with Crippen LogP contribution in [0.3, 0.4) is 0 Å². The Hall–Kier alpha value is -2.34. The summed E-state index contributed by atoms with van der Waals surface area (Å²) in [6.45, 7) is 0. The van der Waals surface area contributed by atoms with Gasteiger partial charge in [-0.25, -0.2) is 9.59 Å². The second-order valence-corrected chi connectivity index (χ2v) is 4.66. The molecule has 1 aliphatic heterocycles. The molecule has 0 saturated carbocycles. The van der Waals surface area contributed by atoms with Gasteiger partial charge < -0.3 is 4.74 Å². The van der Waals surface area contributed by atoms with Gasteiger partial charge in [-0.15, -0.1) is 0 Å². The zero-order chi connectivity index (χ0) is 13.2. The van der Waals surface area contributed by atoms with Crippen molar-refractivity contribution in [2.24, 2.45) is 0 Å². The molecule has 0 spiro atoms. The average Bonchev–Trinajstić information content (AvgIpc) is 2.73. The van der Waals surface area contributed by atoms with E-state index in [0.29, 0.717) is 11.1 Å². The first-order valence-corrected chi connectivity index (χ1v) is 6.36. The Morgan fingerprint density at radius 2 is 1.84 bits per heavy atom. The van der Waals surface area contributed by atoms with Crippen molar-refractivity contribution < 1.29 is 14.3 Å². The van der Waals surface area contributed by atoms with Crippen molar-refractivity contribution in [3.8, 4) is 11.8 Å². The molecule has 94 valence electrons. The second-order valence-electron chi connectivity index (χ2n) is 4.66. The fourth-order valence-electron chi connectivity index (χ4n) is 2.27. The minimum absolute atomic E-state index is 0.314. The Kier molecular flexibility index (Phi) is 2.92. The normalized spacial score (nSPS) is 17.2. The zero-order valence-electron chi connectivity index (χ0n) is 10.4. The molecular formula is C16H12O3. The second kappa shape index (κ2) is 4.74. The van der Waals surface area contributed by atoms with Crippen LogP contribution in [0.25, 0.3) is 0 Å². The molecule has 1 aromatic rings. The lowest BCUT2D eigenvalue weighted by Gasteiger charge is -2.05. The van der Waals surface area contributed by atoms with Crippen LogP contribution < -0.4 is 0 Å².